The molecule has 1 atom stereocenters. The van der Waals surface area contributed by atoms with Crippen LogP contribution in [0.4, 0.5) is 0 Å². The number of fused-ring (bicyclic) bond motifs is 1. The average molecular weight is 232 g/mol. The smallest absolute Gasteiger partial charge is 0.123 e. The van der Waals surface area contributed by atoms with Crippen LogP contribution < -0.4 is 4.74 Å². The van der Waals surface area contributed by atoms with Crippen molar-refractivity contribution in [1.82, 2.24) is 9.80 Å². The maximum atomic E-state index is 5.98. The molecular formula is C14H20N2O. The van der Waals surface area contributed by atoms with Gasteiger partial charge in [-0.1, -0.05) is 18.2 Å². The number of piperazine rings is 1. The lowest BCUT2D eigenvalue weighted by Gasteiger charge is -2.33. The van der Waals surface area contributed by atoms with E-state index < -0.39 is 0 Å². The molecule has 2 aliphatic rings. The largest absolute Gasteiger partial charge is 0.488 e. The minimum Gasteiger partial charge on any atom is -0.488 e. The summed E-state index contributed by atoms with van der Waals surface area (Å²) < 4.78 is 5.98. The zero-order chi connectivity index (χ0) is 11.7. The van der Waals surface area contributed by atoms with Crippen LogP contribution in [0.1, 0.15) is 5.56 Å². The fraction of sp³-hybridized carbons (Fsp3) is 0.571. The fourth-order valence-corrected chi connectivity index (χ4v) is 2.67. The number of ether oxygens (including phenoxy) is 1. The molecule has 92 valence electrons. The van der Waals surface area contributed by atoms with E-state index in [2.05, 4.69) is 41.1 Å². The number of para-hydroxylation sites is 1. The topological polar surface area (TPSA) is 15.7 Å². The Labute approximate surface area is 103 Å². The normalized spacial score (nSPS) is 25.6. The van der Waals surface area contributed by atoms with Gasteiger partial charge in [0.2, 0.25) is 0 Å². The molecule has 1 aromatic rings. The molecule has 0 aromatic heterocycles. The van der Waals surface area contributed by atoms with Crippen molar-refractivity contribution in [3.05, 3.63) is 29.8 Å². The van der Waals surface area contributed by atoms with Gasteiger partial charge >= 0.3 is 0 Å². The predicted octanol–water partition coefficient (Wildman–Crippen LogP) is 1.24. The van der Waals surface area contributed by atoms with E-state index in [4.69, 9.17) is 4.74 Å². The van der Waals surface area contributed by atoms with Crippen molar-refractivity contribution in [2.45, 2.75) is 12.5 Å². The second kappa shape index (κ2) is 4.67. The van der Waals surface area contributed by atoms with Gasteiger partial charge in [0.25, 0.3) is 0 Å². The molecule has 0 amide bonds. The minimum absolute atomic E-state index is 0.357. The molecule has 0 N–H and O–H groups in total. The van der Waals surface area contributed by atoms with Crippen molar-refractivity contribution in [3.8, 4) is 5.75 Å². The summed E-state index contributed by atoms with van der Waals surface area (Å²) in [5.74, 6) is 1.09. The van der Waals surface area contributed by atoms with Gasteiger partial charge in [0.05, 0.1) is 0 Å². The lowest BCUT2D eigenvalue weighted by Crippen LogP contribution is -2.47. The van der Waals surface area contributed by atoms with Crippen LogP contribution in [-0.2, 0) is 6.42 Å². The lowest BCUT2D eigenvalue weighted by atomic mass is 10.1. The van der Waals surface area contributed by atoms with E-state index >= 15 is 0 Å². The molecule has 3 rings (SSSR count). The molecule has 0 saturated carbocycles. The molecule has 3 heteroatoms. The molecule has 0 bridgehead atoms. The zero-order valence-electron chi connectivity index (χ0n) is 10.4. The van der Waals surface area contributed by atoms with E-state index in [9.17, 15) is 0 Å². The van der Waals surface area contributed by atoms with Crippen LogP contribution in [0.2, 0.25) is 0 Å². The van der Waals surface area contributed by atoms with Crippen molar-refractivity contribution in [2.24, 2.45) is 0 Å². The maximum Gasteiger partial charge on any atom is 0.123 e. The van der Waals surface area contributed by atoms with Crippen molar-refractivity contribution >= 4 is 0 Å². The Morgan fingerprint density at radius 2 is 1.94 bits per heavy atom. The van der Waals surface area contributed by atoms with Gasteiger partial charge in [-0.3, -0.25) is 4.90 Å². The van der Waals surface area contributed by atoms with Crippen LogP contribution in [0.3, 0.4) is 0 Å². The molecule has 0 radical (unpaired) electrons. The summed E-state index contributed by atoms with van der Waals surface area (Å²) >= 11 is 0. The van der Waals surface area contributed by atoms with Gasteiger partial charge in [-0.15, -0.1) is 0 Å². The number of nitrogens with zero attached hydrogens (tertiary/aromatic N) is 2. The molecule has 1 fully saturated rings. The van der Waals surface area contributed by atoms with Crippen molar-refractivity contribution in [3.63, 3.8) is 0 Å². The van der Waals surface area contributed by atoms with E-state index in [0.29, 0.717) is 6.10 Å². The second-order valence-corrected chi connectivity index (χ2v) is 5.16. The number of benzene rings is 1. The first-order chi connectivity index (χ1) is 8.31. The fourth-order valence-electron chi connectivity index (χ4n) is 2.67. The molecule has 1 unspecified atom stereocenters. The average Bonchev–Trinajstić information content (AvgIpc) is 2.74. The Kier molecular flexibility index (Phi) is 3.04. The summed E-state index contributed by atoms with van der Waals surface area (Å²) in [4.78, 5) is 4.91. The SMILES string of the molecule is CN1CCN(CC2Cc3ccccc3O2)CC1. The van der Waals surface area contributed by atoms with E-state index in [0.717, 1.165) is 18.7 Å². The van der Waals surface area contributed by atoms with Gasteiger partial charge in [-0.05, 0) is 18.7 Å². The first-order valence-corrected chi connectivity index (χ1v) is 6.47. The van der Waals surface area contributed by atoms with Crippen LogP contribution in [-0.4, -0.2) is 55.7 Å². The molecule has 3 nitrogen and oxygen atoms in total. The first-order valence-electron chi connectivity index (χ1n) is 6.47. The van der Waals surface area contributed by atoms with Gasteiger partial charge in [0.1, 0.15) is 11.9 Å². The monoisotopic (exact) mass is 232 g/mol. The Morgan fingerprint density at radius 3 is 2.71 bits per heavy atom. The highest BCUT2D eigenvalue weighted by Gasteiger charge is 2.25. The Morgan fingerprint density at radius 1 is 1.18 bits per heavy atom. The number of hydrogen-bond acceptors (Lipinski definition) is 3. The van der Waals surface area contributed by atoms with E-state index in [1.54, 1.807) is 0 Å². The lowest BCUT2D eigenvalue weighted by molar-refractivity contribution is 0.104. The predicted molar refractivity (Wildman–Crippen MR) is 68.5 cm³/mol. The molecule has 1 saturated heterocycles. The van der Waals surface area contributed by atoms with E-state index in [-0.39, 0.29) is 0 Å². The molecule has 2 heterocycles. The van der Waals surface area contributed by atoms with Gasteiger partial charge in [0, 0.05) is 39.1 Å². The Bertz CT molecular complexity index is 361. The summed E-state index contributed by atoms with van der Waals surface area (Å²) in [5.41, 5.74) is 1.37. The maximum absolute atomic E-state index is 5.98. The minimum atomic E-state index is 0.357. The second-order valence-electron chi connectivity index (χ2n) is 5.16. The third-order valence-electron chi connectivity index (χ3n) is 3.77. The van der Waals surface area contributed by atoms with Gasteiger partial charge < -0.3 is 9.64 Å². The highest BCUT2D eigenvalue weighted by Crippen LogP contribution is 2.28. The van der Waals surface area contributed by atoms with Crippen molar-refractivity contribution in [2.75, 3.05) is 39.8 Å². The van der Waals surface area contributed by atoms with Gasteiger partial charge in [-0.2, -0.15) is 0 Å². The molecule has 0 aliphatic carbocycles. The van der Waals surface area contributed by atoms with Crippen molar-refractivity contribution in [1.29, 1.82) is 0 Å². The Balaban J connectivity index is 1.55. The number of rotatable bonds is 2. The summed E-state index contributed by atoms with van der Waals surface area (Å²) in [6, 6.07) is 8.41. The highest BCUT2D eigenvalue weighted by atomic mass is 16.5. The highest BCUT2D eigenvalue weighted by molar-refractivity contribution is 5.37. The van der Waals surface area contributed by atoms with E-state index in [1.165, 1.54) is 31.7 Å². The quantitative estimate of drug-likeness (QED) is 0.763. The molecule has 17 heavy (non-hydrogen) atoms. The molecule has 1 aromatic carbocycles. The van der Waals surface area contributed by atoms with Gasteiger partial charge in [0.15, 0.2) is 0 Å². The summed E-state index contributed by atoms with van der Waals surface area (Å²) in [7, 11) is 2.19. The standard InChI is InChI=1S/C14H20N2O/c1-15-6-8-16(9-7-15)11-13-10-12-4-2-3-5-14(12)17-13/h2-5,13H,6-11H2,1H3. The zero-order valence-corrected chi connectivity index (χ0v) is 10.4. The third-order valence-corrected chi connectivity index (χ3v) is 3.77. The summed E-state index contributed by atoms with van der Waals surface area (Å²) in [6.45, 7) is 5.78. The van der Waals surface area contributed by atoms with Crippen LogP contribution in [0, 0.1) is 0 Å². The molecule has 2 aliphatic heterocycles. The molecular weight excluding hydrogens is 212 g/mol. The first kappa shape index (κ1) is 11.1. The van der Waals surface area contributed by atoms with Crippen LogP contribution in [0.15, 0.2) is 24.3 Å². The van der Waals surface area contributed by atoms with E-state index in [1.807, 2.05) is 0 Å². The van der Waals surface area contributed by atoms with Crippen LogP contribution in [0.25, 0.3) is 0 Å². The third kappa shape index (κ3) is 2.45. The van der Waals surface area contributed by atoms with Crippen LogP contribution >= 0.6 is 0 Å². The number of likely N-dealkylation sites (N-methyl/N-ethyl adjacent to an activating group) is 1. The molecule has 0 spiro atoms. The number of hydrogen-bond donors (Lipinski definition) is 0. The Hall–Kier alpha value is -1.06. The summed E-state index contributed by atoms with van der Waals surface area (Å²) in [5, 5.41) is 0. The summed E-state index contributed by atoms with van der Waals surface area (Å²) in [6.07, 6.45) is 1.43. The van der Waals surface area contributed by atoms with Crippen molar-refractivity contribution < 1.29 is 4.74 Å². The van der Waals surface area contributed by atoms with Gasteiger partial charge in [-0.25, -0.2) is 0 Å². The van der Waals surface area contributed by atoms with Crippen LogP contribution in [0.5, 0.6) is 5.75 Å².